The van der Waals surface area contributed by atoms with Crippen LogP contribution in [0.3, 0.4) is 0 Å². The molecule has 3 rings (SSSR count). The van der Waals surface area contributed by atoms with Crippen molar-refractivity contribution >= 4 is 10.9 Å². The van der Waals surface area contributed by atoms with Crippen LogP contribution in [0, 0.1) is 13.8 Å². The summed E-state index contributed by atoms with van der Waals surface area (Å²) in [7, 11) is 2.94. The van der Waals surface area contributed by atoms with Crippen molar-refractivity contribution in [1.29, 1.82) is 0 Å². The standard InChI is InChI=1S/C20H22N2O5/c1-11-7-13(8-12(2)18(11)27-6-5-23)19-21-15-9-14(25-3)10-16(26-4)17(15)20(24)22-19/h7-10,23H,5-6H2,1-4H3,(H,21,22,24)/i5D2,6D2. The maximum absolute atomic E-state index is 12.7. The number of nitrogens with one attached hydrogen (secondary N) is 1. The number of hydrogen-bond donors (Lipinski definition) is 2. The highest BCUT2D eigenvalue weighted by molar-refractivity contribution is 5.87. The third-order valence-corrected chi connectivity index (χ3v) is 4.13. The fraction of sp³-hybridized carbons (Fsp3) is 0.300. The first-order valence-corrected chi connectivity index (χ1v) is 8.07. The van der Waals surface area contributed by atoms with E-state index in [4.69, 9.17) is 19.7 Å². The van der Waals surface area contributed by atoms with Crippen molar-refractivity contribution in [2.45, 2.75) is 13.8 Å². The van der Waals surface area contributed by atoms with Crippen molar-refractivity contribution in [2.75, 3.05) is 27.3 Å². The number of H-pyrrole nitrogens is 1. The predicted octanol–water partition coefficient (Wildman–Crippen LogP) is 2.60. The van der Waals surface area contributed by atoms with Crippen LogP contribution < -0.4 is 19.8 Å². The number of methoxy groups -OCH3 is 2. The summed E-state index contributed by atoms with van der Waals surface area (Å²) in [6.07, 6.45) is 0. The van der Waals surface area contributed by atoms with Gasteiger partial charge in [-0.25, -0.2) is 4.98 Å². The van der Waals surface area contributed by atoms with Crippen LogP contribution in [0.5, 0.6) is 17.2 Å². The second-order valence-electron chi connectivity index (χ2n) is 5.89. The molecule has 0 unspecified atom stereocenters. The Morgan fingerprint density at radius 2 is 1.85 bits per heavy atom. The minimum atomic E-state index is -3.20. The van der Waals surface area contributed by atoms with E-state index in [1.54, 1.807) is 38.1 Å². The Bertz CT molecular complexity index is 1180. The molecule has 0 aliphatic heterocycles. The predicted molar refractivity (Wildman–Crippen MR) is 103 cm³/mol. The molecule has 0 aliphatic carbocycles. The molecule has 7 nitrogen and oxygen atoms in total. The minimum Gasteiger partial charge on any atom is -0.497 e. The molecule has 142 valence electrons. The summed E-state index contributed by atoms with van der Waals surface area (Å²) in [5, 5.41) is 9.68. The van der Waals surface area contributed by atoms with Crippen LogP contribution in [0.2, 0.25) is 0 Å². The van der Waals surface area contributed by atoms with E-state index >= 15 is 0 Å². The summed E-state index contributed by atoms with van der Waals surface area (Å²) in [6.45, 7) is -2.89. The summed E-state index contributed by atoms with van der Waals surface area (Å²) in [6, 6.07) is 6.44. The van der Waals surface area contributed by atoms with E-state index in [9.17, 15) is 9.90 Å². The average Bonchev–Trinajstić information content (AvgIpc) is 2.68. The molecule has 1 aromatic heterocycles. The minimum absolute atomic E-state index is 0.0816. The second-order valence-corrected chi connectivity index (χ2v) is 5.89. The smallest absolute Gasteiger partial charge is 0.262 e. The van der Waals surface area contributed by atoms with E-state index in [-0.39, 0.29) is 17.0 Å². The molecule has 0 radical (unpaired) electrons. The van der Waals surface area contributed by atoms with E-state index in [0.717, 1.165) is 0 Å². The Hall–Kier alpha value is -3.06. The first kappa shape index (κ1) is 14.1. The summed E-state index contributed by atoms with van der Waals surface area (Å²) >= 11 is 0. The highest BCUT2D eigenvalue weighted by Crippen LogP contribution is 2.31. The molecule has 0 bridgehead atoms. The molecule has 7 heteroatoms. The third kappa shape index (κ3) is 3.59. The number of aryl methyl sites for hydroxylation is 2. The Labute approximate surface area is 162 Å². The number of aromatic nitrogens is 2. The van der Waals surface area contributed by atoms with Crippen molar-refractivity contribution in [1.82, 2.24) is 9.97 Å². The van der Waals surface area contributed by atoms with Gasteiger partial charge < -0.3 is 24.3 Å². The lowest BCUT2D eigenvalue weighted by Crippen LogP contribution is -2.11. The second kappa shape index (κ2) is 7.67. The Morgan fingerprint density at radius 1 is 1.15 bits per heavy atom. The fourth-order valence-corrected chi connectivity index (χ4v) is 2.95. The summed E-state index contributed by atoms with van der Waals surface area (Å²) in [5.41, 5.74) is 1.44. The summed E-state index contributed by atoms with van der Waals surface area (Å²) in [4.78, 5) is 20.0. The normalized spacial score (nSPS) is 14.1. The van der Waals surface area contributed by atoms with Crippen LogP contribution in [0.25, 0.3) is 22.3 Å². The van der Waals surface area contributed by atoms with Crippen LogP contribution in [0.15, 0.2) is 29.1 Å². The maximum atomic E-state index is 12.7. The number of rotatable bonds is 6. The van der Waals surface area contributed by atoms with Gasteiger partial charge in [0.1, 0.15) is 35.0 Å². The van der Waals surface area contributed by atoms with Gasteiger partial charge in [0.2, 0.25) is 0 Å². The number of hydrogen-bond acceptors (Lipinski definition) is 6. The number of nitrogens with zero attached hydrogens (tertiary/aromatic N) is 1. The van der Waals surface area contributed by atoms with Gasteiger partial charge in [0, 0.05) is 17.7 Å². The van der Waals surface area contributed by atoms with E-state index in [1.807, 2.05) is 0 Å². The molecule has 2 aromatic carbocycles. The van der Waals surface area contributed by atoms with Gasteiger partial charge in [0.25, 0.3) is 5.56 Å². The quantitative estimate of drug-likeness (QED) is 0.689. The first-order chi connectivity index (χ1) is 14.4. The molecule has 2 N–H and O–H groups in total. The van der Waals surface area contributed by atoms with Gasteiger partial charge in [-0.3, -0.25) is 4.79 Å². The van der Waals surface area contributed by atoms with Gasteiger partial charge in [0.15, 0.2) is 0 Å². The molecule has 0 aliphatic rings. The molecule has 0 saturated carbocycles. The highest BCUT2D eigenvalue weighted by atomic mass is 16.5. The van der Waals surface area contributed by atoms with E-state index in [1.165, 1.54) is 14.2 Å². The Morgan fingerprint density at radius 3 is 2.44 bits per heavy atom. The highest BCUT2D eigenvalue weighted by Gasteiger charge is 2.14. The van der Waals surface area contributed by atoms with Crippen molar-refractivity contribution < 1.29 is 24.8 Å². The monoisotopic (exact) mass is 374 g/mol. The van der Waals surface area contributed by atoms with Gasteiger partial charge >= 0.3 is 0 Å². The molecular formula is C20H22N2O5. The summed E-state index contributed by atoms with van der Waals surface area (Å²) in [5.74, 6) is 1.15. The van der Waals surface area contributed by atoms with Gasteiger partial charge in [-0.15, -0.1) is 0 Å². The molecule has 0 spiro atoms. The number of benzene rings is 2. The Kier molecular flexibility index (Phi) is 3.99. The van der Waals surface area contributed by atoms with Gasteiger partial charge in [0.05, 0.1) is 31.8 Å². The van der Waals surface area contributed by atoms with Gasteiger partial charge in [-0.1, -0.05) is 0 Å². The van der Waals surface area contributed by atoms with Crippen LogP contribution in [0.4, 0.5) is 0 Å². The third-order valence-electron chi connectivity index (χ3n) is 4.13. The molecule has 27 heavy (non-hydrogen) atoms. The molecule has 1 heterocycles. The lowest BCUT2D eigenvalue weighted by molar-refractivity contribution is 0.200. The topological polar surface area (TPSA) is 93.7 Å². The molecule has 0 fully saturated rings. The van der Waals surface area contributed by atoms with Crippen molar-refractivity contribution in [3.05, 3.63) is 45.7 Å². The lowest BCUT2D eigenvalue weighted by atomic mass is 10.0. The number of aromatic amines is 1. The van der Waals surface area contributed by atoms with Gasteiger partial charge in [-0.2, -0.15) is 0 Å². The van der Waals surface area contributed by atoms with Crippen LogP contribution >= 0.6 is 0 Å². The van der Waals surface area contributed by atoms with E-state index in [0.29, 0.717) is 33.7 Å². The van der Waals surface area contributed by atoms with Crippen LogP contribution in [-0.2, 0) is 0 Å². The SMILES string of the molecule is [2H]C([2H])(O)C([2H])([2H])Oc1c(C)cc(-c2nc3cc(OC)cc(OC)c3c(=O)[nH]2)cc1C. The number of fused-ring (bicyclic) bond motifs is 1. The fourth-order valence-electron chi connectivity index (χ4n) is 2.95. The first-order valence-electron chi connectivity index (χ1n) is 10.1. The largest absolute Gasteiger partial charge is 0.497 e. The van der Waals surface area contributed by atoms with Crippen molar-refractivity contribution in [3.8, 4) is 28.6 Å². The van der Waals surface area contributed by atoms with Crippen molar-refractivity contribution in [3.63, 3.8) is 0 Å². The number of aliphatic hydroxyl groups is 1. The molecular weight excluding hydrogens is 348 g/mol. The van der Waals surface area contributed by atoms with E-state index < -0.39 is 18.7 Å². The molecule has 0 amide bonds. The van der Waals surface area contributed by atoms with Crippen LogP contribution in [0.1, 0.15) is 16.6 Å². The molecule has 3 aromatic rings. The van der Waals surface area contributed by atoms with Gasteiger partial charge in [-0.05, 0) is 37.1 Å². The maximum Gasteiger partial charge on any atom is 0.262 e. The zero-order valence-corrected chi connectivity index (χ0v) is 15.3. The number of ether oxygens (including phenoxy) is 3. The average molecular weight is 374 g/mol. The summed E-state index contributed by atoms with van der Waals surface area (Å²) < 4.78 is 45.4. The molecule has 0 saturated heterocycles. The Balaban J connectivity index is 2.13. The van der Waals surface area contributed by atoms with Crippen molar-refractivity contribution in [2.24, 2.45) is 0 Å². The van der Waals surface area contributed by atoms with E-state index in [2.05, 4.69) is 9.97 Å². The molecule has 0 atom stereocenters. The lowest BCUT2D eigenvalue weighted by Gasteiger charge is -2.14. The zero-order valence-electron chi connectivity index (χ0n) is 19.3. The van der Waals surface area contributed by atoms with Crippen LogP contribution in [-0.4, -0.2) is 42.4 Å². The zero-order chi connectivity index (χ0) is 23.1.